The maximum absolute atomic E-state index is 11.9. The van der Waals surface area contributed by atoms with Gasteiger partial charge in [0.2, 0.25) is 0 Å². The van der Waals surface area contributed by atoms with Crippen LogP contribution >= 0.6 is 0 Å². The molecule has 0 aliphatic heterocycles. The zero-order valence-electron chi connectivity index (χ0n) is 12.0. The number of amides is 1. The van der Waals surface area contributed by atoms with Crippen molar-refractivity contribution in [3.63, 3.8) is 0 Å². The van der Waals surface area contributed by atoms with Crippen molar-refractivity contribution >= 4 is 15.7 Å². The highest BCUT2D eigenvalue weighted by Gasteiger charge is 2.37. The number of nitrogens with one attached hydrogen (secondary N) is 1. The maximum atomic E-state index is 11.9. The van der Waals surface area contributed by atoms with Crippen molar-refractivity contribution in [1.82, 2.24) is 5.32 Å². The molecule has 0 aromatic rings. The molecule has 1 aliphatic rings. The van der Waals surface area contributed by atoms with E-state index in [-0.39, 0.29) is 12.3 Å². The lowest BCUT2D eigenvalue weighted by Gasteiger charge is -2.30. The summed E-state index contributed by atoms with van der Waals surface area (Å²) in [4.78, 5) is 11.9. The van der Waals surface area contributed by atoms with Crippen molar-refractivity contribution in [3.05, 3.63) is 0 Å². The first-order chi connectivity index (χ1) is 8.58. The molecule has 0 spiro atoms. The summed E-state index contributed by atoms with van der Waals surface area (Å²) < 4.78 is 22.9. The van der Waals surface area contributed by atoms with E-state index < -0.39 is 26.1 Å². The third-order valence-electron chi connectivity index (χ3n) is 3.69. The fraction of sp³-hybridized carbons (Fsp3) is 0.923. The molecule has 0 saturated heterocycles. The van der Waals surface area contributed by atoms with Gasteiger partial charge in [-0.25, -0.2) is 8.42 Å². The van der Waals surface area contributed by atoms with Crippen LogP contribution < -0.4 is 5.32 Å². The quantitative estimate of drug-likeness (QED) is 0.810. The molecule has 1 rings (SSSR count). The minimum atomic E-state index is -3.24. The molecule has 0 unspecified atom stereocenters. The second-order valence-corrected chi connectivity index (χ2v) is 9.14. The smallest absolute Gasteiger partial charge is 0.251 e. The van der Waals surface area contributed by atoms with Crippen LogP contribution in [-0.2, 0) is 14.6 Å². The minimum Gasteiger partial charge on any atom is -0.380 e. The molecular formula is C13H25NO4S. The van der Waals surface area contributed by atoms with E-state index in [0.29, 0.717) is 12.8 Å². The van der Waals surface area contributed by atoms with Crippen LogP contribution in [0.4, 0.5) is 0 Å². The van der Waals surface area contributed by atoms with Gasteiger partial charge in [-0.05, 0) is 33.6 Å². The molecule has 0 heterocycles. The molecule has 112 valence electrons. The van der Waals surface area contributed by atoms with E-state index >= 15 is 0 Å². The monoisotopic (exact) mass is 291 g/mol. The number of carbonyl (C=O) groups excluding carboxylic acids is 1. The highest BCUT2D eigenvalue weighted by atomic mass is 32.2. The van der Waals surface area contributed by atoms with Gasteiger partial charge in [0.05, 0.1) is 10.5 Å². The topological polar surface area (TPSA) is 83.5 Å². The molecular weight excluding hydrogens is 266 g/mol. The van der Waals surface area contributed by atoms with Gasteiger partial charge in [-0.3, -0.25) is 4.79 Å². The van der Waals surface area contributed by atoms with Crippen LogP contribution in [0.25, 0.3) is 0 Å². The summed E-state index contributed by atoms with van der Waals surface area (Å²) in [6.07, 6.45) is 3.64. The molecule has 0 radical (unpaired) electrons. The summed E-state index contributed by atoms with van der Waals surface area (Å²) in [5.41, 5.74) is -1.30. The molecule has 1 aliphatic carbocycles. The van der Waals surface area contributed by atoms with E-state index in [4.69, 9.17) is 0 Å². The van der Waals surface area contributed by atoms with E-state index in [9.17, 15) is 18.3 Å². The number of aliphatic hydroxyl groups is 1. The molecule has 0 atom stereocenters. The predicted molar refractivity (Wildman–Crippen MR) is 74.6 cm³/mol. The van der Waals surface area contributed by atoms with E-state index in [1.54, 1.807) is 20.8 Å². The average molecular weight is 291 g/mol. The van der Waals surface area contributed by atoms with Crippen LogP contribution in [-0.4, -0.2) is 42.1 Å². The lowest BCUT2D eigenvalue weighted by atomic mass is 9.84. The van der Waals surface area contributed by atoms with Crippen LogP contribution in [0.15, 0.2) is 0 Å². The number of rotatable bonds is 4. The zero-order chi connectivity index (χ0) is 14.7. The van der Waals surface area contributed by atoms with Gasteiger partial charge in [-0.15, -0.1) is 0 Å². The summed E-state index contributed by atoms with van der Waals surface area (Å²) in [5, 5.41) is 12.7. The Morgan fingerprint density at radius 1 is 1.21 bits per heavy atom. The summed E-state index contributed by atoms with van der Waals surface area (Å²) in [6.45, 7) is 4.97. The van der Waals surface area contributed by atoms with Crippen molar-refractivity contribution in [2.75, 3.05) is 12.3 Å². The van der Waals surface area contributed by atoms with Crippen molar-refractivity contribution < 1.29 is 18.3 Å². The van der Waals surface area contributed by atoms with Gasteiger partial charge in [0, 0.05) is 6.54 Å². The summed E-state index contributed by atoms with van der Waals surface area (Å²) in [5.74, 6) is -0.533. The molecule has 0 aromatic carbocycles. The van der Waals surface area contributed by atoms with E-state index in [0.717, 1.165) is 19.3 Å². The van der Waals surface area contributed by atoms with E-state index in [1.165, 1.54) is 0 Å². The number of carbonyl (C=O) groups is 1. The molecule has 1 amide bonds. The Kier molecular flexibility index (Phi) is 5.01. The normalized spacial score (nSPS) is 20.0. The summed E-state index contributed by atoms with van der Waals surface area (Å²) >= 11 is 0. The first-order valence-electron chi connectivity index (χ1n) is 6.81. The van der Waals surface area contributed by atoms with Gasteiger partial charge in [0.1, 0.15) is 5.60 Å². The molecule has 5 nitrogen and oxygen atoms in total. The lowest BCUT2D eigenvalue weighted by molar-refractivity contribution is -0.142. The van der Waals surface area contributed by atoms with Crippen LogP contribution in [0.3, 0.4) is 0 Å². The van der Waals surface area contributed by atoms with Gasteiger partial charge >= 0.3 is 0 Å². The Morgan fingerprint density at radius 3 is 2.21 bits per heavy atom. The second-order valence-electron chi connectivity index (χ2n) is 6.28. The van der Waals surface area contributed by atoms with Crippen molar-refractivity contribution in [1.29, 1.82) is 0 Å². The molecule has 0 bridgehead atoms. The molecule has 2 N–H and O–H groups in total. The minimum absolute atomic E-state index is 0.0563. The zero-order valence-corrected chi connectivity index (χ0v) is 12.8. The fourth-order valence-electron chi connectivity index (χ4n) is 2.13. The largest absolute Gasteiger partial charge is 0.380 e. The highest BCUT2D eigenvalue weighted by Crippen LogP contribution is 2.28. The van der Waals surface area contributed by atoms with Gasteiger partial charge in [-0.1, -0.05) is 19.3 Å². The molecule has 19 heavy (non-hydrogen) atoms. The van der Waals surface area contributed by atoms with Crippen LogP contribution in [0.1, 0.15) is 52.9 Å². The van der Waals surface area contributed by atoms with Crippen molar-refractivity contribution in [2.24, 2.45) is 0 Å². The Balaban J connectivity index is 2.47. The third-order valence-corrected chi connectivity index (χ3v) is 6.30. The molecule has 6 heteroatoms. The highest BCUT2D eigenvalue weighted by molar-refractivity contribution is 7.92. The van der Waals surface area contributed by atoms with Crippen LogP contribution in [0.2, 0.25) is 0 Å². The average Bonchev–Trinajstić information content (AvgIpc) is 2.28. The van der Waals surface area contributed by atoms with Gasteiger partial charge in [-0.2, -0.15) is 0 Å². The van der Waals surface area contributed by atoms with Crippen molar-refractivity contribution in [3.8, 4) is 0 Å². The Morgan fingerprint density at radius 2 is 1.74 bits per heavy atom. The Labute approximate surface area is 115 Å². The maximum Gasteiger partial charge on any atom is 0.251 e. The SMILES string of the molecule is CC(C)(C)S(=O)(=O)CCNC(=O)C1(O)CCCCC1. The summed E-state index contributed by atoms with van der Waals surface area (Å²) in [7, 11) is -3.24. The third kappa shape index (κ3) is 4.18. The molecule has 1 fully saturated rings. The van der Waals surface area contributed by atoms with Gasteiger partial charge in [0.25, 0.3) is 5.91 Å². The van der Waals surface area contributed by atoms with E-state index in [1.807, 2.05) is 0 Å². The van der Waals surface area contributed by atoms with Crippen LogP contribution in [0, 0.1) is 0 Å². The standard InChI is InChI=1S/C13H25NO4S/c1-12(2,3)19(17,18)10-9-14-11(15)13(16)7-5-4-6-8-13/h16H,4-10H2,1-3H3,(H,14,15). The van der Waals surface area contributed by atoms with Gasteiger partial charge < -0.3 is 10.4 Å². The van der Waals surface area contributed by atoms with E-state index in [2.05, 4.69) is 5.32 Å². The molecule has 0 aromatic heterocycles. The first-order valence-corrected chi connectivity index (χ1v) is 8.47. The fourth-order valence-corrected chi connectivity index (χ4v) is 3.12. The number of hydrogen-bond donors (Lipinski definition) is 2. The predicted octanol–water partition coefficient (Wildman–Crippen LogP) is 1.01. The second kappa shape index (κ2) is 5.79. The molecule has 1 saturated carbocycles. The summed E-state index contributed by atoms with van der Waals surface area (Å²) in [6, 6.07) is 0. The van der Waals surface area contributed by atoms with Crippen LogP contribution in [0.5, 0.6) is 0 Å². The number of hydrogen-bond acceptors (Lipinski definition) is 4. The Hall–Kier alpha value is -0.620. The Bertz CT molecular complexity index is 416. The van der Waals surface area contributed by atoms with Gasteiger partial charge in [0.15, 0.2) is 9.84 Å². The lowest BCUT2D eigenvalue weighted by Crippen LogP contribution is -2.49. The number of sulfone groups is 1. The van der Waals surface area contributed by atoms with Crippen molar-refractivity contribution in [2.45, 2.75) is 63.2 Å². The first kappa shape index (κ1) is 16.4.